The lowest BCUT2D eigenvalue weighted by molar-refractivity contribution is -0.136. The van der Waals surface area contributed by atoms with Gasteiger partial charge in [0.15, 0.2) is 9.84 Å². The van der Waals surface area contributed by atoms with E-state index in [2.05, 4.69) is 4.98 Å². The van der Waals surface area contributed by atoms with Crippen molar-refractivity contribution in [3.8, 4) is 5.75 Å². The Kier molecular flexibility index (Phi) is 8.65. The van der Waals surface area contributed by atoms with Gasteiger partial charge in [-0.05, 0) is 70.5 Å². The van der Waals surface area contributed by atoms with Crippen LogP contribution in [0.2, 0.25) is 0 Å². The number of nitrogens with one attached hydrogen (secondary N) is 1. The first kappa shape index (κ1) is 29.3. The minimum absolute atomic E-state index is 0.00668. The fourth-order valence-electron chi connectivity index (χ4n) is 4.92. The molecular formula is C29H35N3O7S. The van der Waals surface area contributed by atoms with E-state index in [1.165, 1.54) is 17.0 Å². The number of amides is 2. The molecule has 1 fully saturated rings. The topological polar surface area (TPSA) is 135 Å². The van der Waals surface area contributed by atoms with Crippen molar-refractivity contribution in [3.05, 3.63) is 65.9 Å². The molecule has 11 heteroatoms. The summed E-state index contributed by atoms with van der Waals surface area (Å²) in [6.07, 6.45) is -0.377. The highest BCUT2D eigenvalue weighted by Gasteiger charge is 2.39. The fraction of sp³-hybridized carbons (Fsp3) is 0.414. The number of piperidine rings is 1. The zero-order valence-corrected chi connectivity index (χ0v) is 23.9. The van der Waals surface area contributed by atoms with E-state index >= 15 is 0 Å². The molecule has 1 aliphatic rings. The number of sulfone groups is 1. The monoisotopic (exact) mass is 569 g/mol. The van der Waals surface area contributed by atoms with Crippen LogP contribution in [0, 0.1) is 18.8 Å². The molecule has 2 N–H and O–H groups in total. The predicted molar refractivity (Wildman–Crippen MR) is 149 cm³/mol. The van der Waals surface area contributed by atoms with Gasteiger partial charge in [0.1, 0.15) is 18.0 Å². The van der Waals surface area contributed by atoms with Gasteiger partial charge in [0, 0.05) is 41.6 Å². The number of carbonyl (C=O) groups is 2. The van der Waals surface area contributed by atoms with Crippen LogP contribution in [0.15, 0.2) is 59.5 Å². The predicted octanol–water partition coefficient (Wildman–Crippen LogP) is 4.27. The molecule has 2 amide bonds. The highest BCUT2D eigenvalue weighted by Crippen LogP contribution is 2.29. The van der Waals surface area contributed by atoms with Gasteiger partial charge in [0.05, 0.1) is 16.2 Å². The Morgan fingerprint density at radius 2 is 1.82 bits per heavy atom. The van der Waals surface area contributed by atoms with E-state index < -0.39 is 39.3 Å². The molecule has 0 aliphatic carbocycles. The van der Waals surface area contributed by atoms with E-state index in [1.54, 1.807) is 38.4 Å². The van der Waals surface area contributed by atoms with Crippen LogP contribution in [0.4, 0.5) is 4.79 Å². The molecule has 40 heavy (non-hydrogen) atoms. The first-order valence-corrected chi connectivity index (χ1v) is 14.7. The molecule has 3 aromatic rings. The molecule has 1 aliphatic heterocycles. The maximum absolute atomic E-state index is 13.4. The SMILES string of the molecule is Cc1cc(COc2ccc(S(=O)(=O)C[C@@H]3CN(C(=O)OC(C)(C)C)CC[C@@H]3C(=O)NO)cc2)c2ccccc2n1. The minimum atomic E-state index is -3.84. The van der Waals surface area contributed by atoms with Gasteiger partial charge in [0.2, 0.25) is 5.91 Å². The van der Waals surface area contributed by atoms with E-state index in [1.807, 2.05) is 37.3 Å². The number of hydroxylamine groups is 1. The number of ether oxygens (including phenoxy) is 2. The smallest absolute Gasteiger partial charge is 0.410 e. The van der Waals surface area contributed by atoms with Crippen LogP contribution >= 0.6 is 0 Å². The average Bonchev–Trinajstić information content (AvgIpc) is 2.90. The van der Waals surface area contributed by atoms with E-state index in [0.717, 1.165) is 22.2 Å². The van der Waals surface area contributed by atoms with Crippen molar-refractivity contribution < 1.29 is 32.7 Å². The number of pyridine rings is 1. The van der Waals surface area contributed by atoms with Crippen LogP contribution in [-0.2, 0) is 26.0 Å². The van der Waals surface area contributed by atoms with Gasteiger partial charge in [-0.15, -0.1) is 0 Å². The van der Waals surface area contributed by atoms with E-state index in [0.29, 0.717) is 5.75 Å². The van der Waals surface area contributed by atoms with Crippen molar-refractivity contribution >= 4 is 32.7 Å². The Morgan fingerprint density at radius 3 is 2.50 bits per heavy atom. The second-order valence-electron chi connectivity index (χ2n) is 11.0. The molecule has 0 radical (unpaired) electrons. The number of benzene rings is 2. The van der Waals surface area contributed by atoms with Crippen molar-refractivity contribution in [1.29, 1.82) is 0 Å². The zero-order chi connectivity index (χ0) is 29.1. The Balaban J connectivity index is 1.47. The molecule has 1 aromatic heterocycles. The average molecular weight is 570 g/mol. The standard InChI is InChI=1S/C29H35N3O7S/c1-19-15-20(24-7-5-6-8-26(24)30-19)17-38-22-9-11-23(12-10-22)40(36,37)18-21-16-32(28(34)39-29(2,3)4)14-13-25(21)27(33)31-35/h5-12,15,21,25,35H,13-14,16-18H2,1-4H3,(H,31,33)/t21-,25-/m0/s1. The number of hydrogen-bond acceptors (Lipinski definition) is 8. The van der Waals surface area contributed by atoms with Crippen molar-refractivity contribution in [3.63, 3.8) is 0 Å². The maximum Gasteiger partial charge on any atom is 0.410 e. The number of carbonyl (C=O) groups excluding carboxylic acids is 2. The van der Waals surface area contributed by atoms with Crippen molar-refractivity contribution in [2.75, 3.05) is 18.8 Å². The molecular weight excluding hydrogens is 534 g/mol. The van der Waals surface area contributed by atoms with Crippen LogP contribution in [0.3, 0.4) is 0 Å². The van der Waals surface area contributed by atoms with E-state index in [4.69, 9.17) is 9.47 Å². The van der Waals surface area contributed by atoms with Crippen LogP contribution in [-0.4, -0.2) is 60.0 Å². The zero-order valence-electron chi connectivity index (χ0n) is 23.1. The quantitative estimate of drug-likeness (QED) is 0.318. The third-order valence-corrected chi connectivity index (χ3v) is 8.63. The maximum atomic E-state index is 13.4. The van der Waals surface area contributed by atoms with E-state index in [-0.39, 0.29) is 36.8 Å². The number of aromatic nitrogens is 1. The Hall–Kier alpha value is -3.70. The number of nitrogens with zero attached hydrogens (tertiary/aromatic N) is 2. The molecule has 2 aromatic carbocycles. The molecule has 0 bridgehead atoms. The lowest BCUT2D eigenvalue weighted by Gasteiger charge is -2.37. The lowest BCUT2D eigenvalue weighted by Crippen LogP contribution is -2.51. The molecule has 0 unspecified atom stereocenters. The summed E-state index contributed by atoms with van der Waals surface area (Å²) in [5.74, 6) is -2.07. The van der Waals surface area contributed by atoms with Gasteiger partial charge in [-0.1, -0.05) is 18.2 Å². The van der Waals surface area contributed by atoms with E-state index in [9.17, 15) is 23.2 Å². The van der Waals surface area contributed by atoms with Gasteiger partial charge in [-0.25, -0.2) is 18.7 Å². The number of hydrogen-bond donors (Lipinski definition) is 2. The van der Waals surface area contributed by atoms with Gasteiger partial charge < -0.3 is 14.4 Å². The Labute approximate surface area is 234 Å². The van der Waals surface area contributed by atoms with Crippen molar-refractivity contribution in [2.45, 2.75) is 51.2 Å². The van der Waals surface area contributed by atoms with Gasteiger partial charge in [-0.3, -0.25) is 15.0 Å². The fourth-order valence-corrected chi connectivity index (χ4v) is 6.56. The van der Waals surface area contributed by atoms with Crippen molar-refractivity contribution in [1.82, 2.24) is 15.4 Å². The molecule has 0 spiro atoms. The number of aryl methyl sites for hydroxylation is 1. The second kappa shape index (κ2) is 11.8. The Bertz CT molecular complexity index is 1480. The van der Waals surface area contributed by atoms with Crippen LogP contribution in [0.1, 0.15) is 38.4 Å². The molecule has 10 nitrogen and oxygen atoms in total. The molecule has 4 rings (SSSR count). The molecule has 0 saturated carbocycles. The number of rotatable bonds is 7. The summed E-state index contributed by atoms with van der Waals surface area (Å²) < 4.78 is 38.1. The summed E-state index contributed by atoms with van der Waals surface area (Å²) in [5.41, 5.74) is 3.64. The summed E-state index contributed by atoms with van der Waals surface area (Å²) in [4.78, 5) is 31.0. The third-order valence-electron chi connectivity index (χ3n) is 6.77. The normalized spacial score (nSPS) is 17.9. The second-order valence-corrected chi connectivity index (χ2v) is 13.1. The summed E-state index contributed by atoms with van der Waals surface area (Å²) in [6.45, 7) is 7.65. The molecule has 214 valence electrons. The molecule has 1 saturated heterocycles. The summed E-state index contributed by atoms with van der Waals surface area (Å²) in [6, 6.07) is 15.9. The first-order chi connectivity index (χ1) is 18.9. The summed E-state index contributed by atoms with van der Waals surface area (Å²) in [5, 5.41) is 10.2. The lowest BCUT2D eigenvalue weighted by atomic mass is 9.86. The largest absolute Gasteiger partial charge is 0.489 e. The highest BCUT2D eigenvalue weighted by atomic mass is 32.2. The van der Waals surface area contributed by atoms with Crippen LogP contribution < -0.4 is 10.2 Å². The van der Waals surface area contributed by atoms with Crippen LogP contribution in [0.25, 0.3) is 10.9 Å². The summed E-state index contributed by atoms with van der Waals surface area (Å²) >= 11 is 0. The number of para-hydroxylation sites is 1. The van der Waals surface area contributed by atoms with Gasteiger partial charge in [0.25, 0.3) is 0 Å². The first-order valence-electron chi connectivity index (χ1n) is 13.1. The Morgan fingerprint density at radius 1 is 1.12 bits per heavy atom. The number of likely N-dealkylation sites (tertiary alicyclic amines) is 1. The molecule has 2 atom stereocenters. The third kappa shape index (κ3) is 7.08. The minimum Gasteiger partial charge on any atom is -0.489 e. The van der Waals surface area contributed by atoms with Crippen molar-refractivity contribution in [2.24, 2.45) is 11.8 Å². The highest BCUT2D eigenvalue weighted by molar-refractivity contribution is 7.91. The molecule has 2 heterocycles. The number of fused-ring (bicyclic) bond motifs is 1. The van der Waals surface area contributed by atoms with Gasteiger partial charge in [-0.2, -0.15) is 0 Å². The summed E-state index contributed by atoms with van der Waals surface area (Å²) in [7, 11) is -3.84. The van der Waals surface area contributed by atoms with Gasteiger partial charge >= 0.3 is 6.09 Å². The van der Waals surface area contributed by atoms with Crippen LogP contribution in [0.5, 0.6) is 5.75 Å².